The van der Waals surface area contributed by atoms with Crippen molar-refractivity contribution >= 4 is 27.7 Å². The Morgan fingerprint density at radius 3 is 2.65 bits per heavy atom. The summed E-state index contributed by atoms with van der Waals surface area (Å²) in [5.74, 6) is 0.363. The maximum absolute atomic E-state index is 11.6. The van der Waals surface area contributed by atoms with E-state index in [9.17, 15) is 9.90 Å². The van der Waals surface area contributed by atoms with Gasteiger partial charge in [-0.15, -0.1) is 10.2 Å². The third-order valence-electron chi connectivity index (χ3n) is 3.24. The smallest absolute Gasteiger partial charge is 0.358 e. The predicted octanol–water partition coefficient (Wildman–Crippen LogP) is 3.15. The number of phenols is 1. The molecule has 7 heteroatoms. The number of carbonyl (C=O) groups is 1. The molecule has 23 heavy (non-hydrogen) atoms. The molecule has 0 fully saturated rings. The van der Waals surface area contributed by atoms with Crippen molar-refractivity contribution < 1.29 is 14.6 Å². The van der Waals surface area contributed by atoms with Crippen LogP contribution in [0, 0.1) is 0 Å². The van der Waals surface area contributed by atoms with Crippen LogP contribution in [0.5, 0.6) is 5.75 Å². The van der Waals surface area contributed by atoms with Gasteiger partial charge in [0.05, 0.1) is 6.61 Å². The standard InChI is InChI=1S/C16H18BrN3O3/c1-3-20(10-11-9-12(17)5-7-14(11)21)15-8-6-13(18-19-15)16(22)23-4-2/h5-9,21H,3-4,10H2,1-2H3. The van der Waals surface area contributed by atoms with E-state index < -0.39 is 5.97 Å². The summed E-state index contributed by atoms with van der Waals surface area (Å²) in [5.41, 5.74) is 0.953. The van der Waals surface area contributed by atoms with E-state index >= 15 is 0 Å². The van der Waals surface area contributed by atoms with Crippen LogP contribution >= 0.6 is 15.9 Å². The van der Waals surface area contributed by atoms with Gasteiger partial charge in [-0.25, -0.2) is 4.79 Å². The average Bonchev–Trinajstić information content (AvgIpc) is 2.56. The summed E-state index contributed by atoms with van der Waals surface area (Å²) in [6.07, 6.45) is 0. The van der Waals surface area contributed by atoms with Crippen molar-refractivity contribution in [2.75, 3.05) is 18.1 Å². The molecule has 0 radical (unpaired) electrons. The first-order valence-corrected chi connectivity index (χ1v) is 8.07. The first-order valence-electron chi connectivity index (χ1n) is 7.28. The molecular formula is C16H18BrN3O3. The van der Waals surface area contributed by atoms with Crippen molar-refractivity contribution in [1.82, 2.24) is 10.2 Å². The lowest BCUT2D eigenvalue weighted by molar-refractivity contribution is 0.0518. The number of rotatable bonds is 6. The van der Waals surface area contributed by atoms with Crippen molar-refractivity contribution in [2.24, 2.45) is 0 Å². The summed E-state index contributed by atoms with van der Waals surface area (Å²) in [7, 11) is 0. The first-order chi connectivity index (χ1) is 11.0. The molecule has 1 aromatic carbocycles. The number of phenolic OH excluding ortho intramolecular Hbond substituents is 1. The molecular weight excluding hydrogens is 362 g/mol. The van der Waals surface area contributed by atoms with E-state index in [0.717, 1.165) is 10.0 Å². The number of benzene rings is 1. The van der Waals surface area contributed by atoms with Gasteiger partial charge in [0.15, 0.2) is 11.5 Å². The van der Waals surface area contributed by atoms with E-state index in [0.29, 0.717) is 25.5 Å². The Morgan fingerprint density at radius 1 is 1.26 bits per heavy atom. The quantitative estimate of drug-likeness (QED) is 0.776. The van der Waals surface area contributed by atoms with Gasteiger partial charge >= 0.3 is 5.97 Å². The molecule has 1 N–H and O–H groups in total. The van der Waals surface area contributed by atoms with E-state index in [1.54, 1.807) is 31.2 Å². The second kappa shape index (κ2) is 7.92. The van der Waals surface area contributed by atoms with Gasteiger partial charge in [-0.3, -0.25) is 0 Å². The average molecular weight is 380 g/mol. The number of esters is 1. The molecule has 0 aliphatic rings. The van der Waals surface area contributed by atoms with Crippen LogP contribution in [0.1, 0.15) is 29.9 Å². The molecule has 0 saturated heterocycles. The molecule has 122 valence electrons. The van der Waals surface area contributed by atoms with E-state index in [2.05, 4.69) is 26.1 Å². The summed E-state index contributed by atoms with van der Waals surface area (Å²) >= 11 is 3.40. The van der Waals surface area contributed by atoms with Crippen LogP contribution in [0.4, 0.5) is 5.82 Å². The normalized spacial score (nSPS) is 10.4. The van der Waals surface area contributed by atoms with Gasteiger partial charge in [0.25, 0.3) is 0 Å². The highest BCUT2D eigenvalue weighted by molar-refractivity contribution is 9.10. The molecule has 0 amide bonds. The number of hydrogen-bond acceptors (Lipinski definition) is 6. The Kier molecular flexibility index (Phi) is 5.92. The third kappa shape index (κ3) is 4.41. The van der Waals surface area contributed by atoms with Crippen LogP contribution in [0.15, 0.2) is 34.8 Å². The zero-order valence-corrected chi connectivity index (χ0v) is 14.6. The van der Waals surface area contributed by atoms with Gasteiger partial charge in [-0.2, -0.15) is 0 Å². The minimum Gasteiger partial charge on any atom is -0.508 e. The zero-order valence-electron chi connectivity index (χ0n) is 13.0. The lowest BCUT2D eigenvalue weighted by atomic mass is 10.2. The van der Waals surface area contributed by atoms with Gasteiger partial charge in [0.2, 0.25) is 0 Å². The van der Waals surface area contributed by atoms with Gasteiger partial charge in [-0.1, -0.05) is 15.9 Å². The molecule has 0 unspecified atom stereocenters. The maximum Gasteiger partial charge on any atom is 0.358 e. The number of aromatic hydroxyl groups is 1. The van der Waals surface area contributed by atoms with Crippen LogP contribution in [0.25, 0.3) is 0 Å². The molecule has 0 bridgehead atoms. The molecule has 1 heterocycles. The second-order valence-electron chi connectivity index (χ2n) is 4.78. The van der Waals surface area contributed by atoms with Crippen LogP contribution in [0.2, 0.25) is 0 Å². The van der Waals surface area contributed by atoms with Gasteiger partial charge < -0.3 is 14.7 Å². The van der Waals surface area contributed by atoms with Crippen LogP contribution < -0.4 is 4.90 Å². The largest absolute Gasteiger partial charge is 0.508 e. The highest BCUT2D eigenvalue weighted by Gasteiger charge is 2.13. The molecule has 0 atom stereocenters. The van der Waals surface area contributed by atoms with Crippen molar-refractivity contribution in [2.45, 2.75) is 20.4 Å². The number of halogens is 1. The number of ether oxygens (including phenoxy) is 1. The van der Waals surface area contributed by atoms with Gasteiger partial charge in [0.1, 0.15) is 5.75 Å². The summed E-state index contributed by atoms with van der Waals surface area (Å²) in [6, 6.07) is 8.59. The van der Waals surface area contributed by atoms with Crippen LogP contribution in [0.3, 0.4) is 0 Å². The Hall–Kier alpha value is -2.15. The first kappa shape index (κ1) is 17.2. The summed E-state index contributed by atoms with van der Waals surface area (Å²) < 4.78 is 5.78. The Balaban J connectivity index is 2.17. The maximum atomic E-state index is 11.6. The molecule has 0 aliphatic heterocycles. The molecule has 2 aromatic rings. The number of anilines is 1. The Morgan fingerprint density at radius 2 is 2.04 bits per heavy atom. The number of hydrogen-bond donors (Lipinski definition) is 1. The van der Waals surface area contributed by atoms with Crippen molar-refractivity contribution in [1.29, 1.82) is 0 Å². The highest BCUT2D eigenvalue weighted by atomic mass is 79.9. The predicted molar refractivity (Wildman–Crippen MR) is 90.5 cm³/mol. The van der Waals surface area contributed by atoms with E-state index in [1.807, 2.05) is 17.9 Å². The SMILES string of the molecule is CCOC(=O)c1ccc(N(CC)Cc2cc(Br)ccc2O)nn1. The monoisotopic (exact) mass is 379 g/mol. The molecule has 1 aromatic heterocycles. The van der Waals surface area contributed by atoms with Crippen molar-refractivity contribution in [3.63, 3.8) is 0 Å². The Bertz CT molecular complexity index is 677. The number of aromatic nitrogens is 2. The highest BCUT2D eigenvalue weighted by Crippen LogP contribution is 2.24. The molecule has 2 rings (SSSR count). The minimum absolute atomic E-state index is 0.178. The number of nitrogens with zero attached hydrogens (tertiary/aromatic N) is 3. The number of carbonyl (C=O) groups excluding carboxylic acids is 1. The molecule has 0 spiro atoms. The molecule has 6 nitrogen and oxygen atoms in total. The Labute approximate surface area is 143 Å². The van der Waals surface area contributed by atoms with E-state index in [4.69, 9.17) is 4.74 Å². The van der Waals surface area contributed by atoms with Gasteiger partial charge in [0, 0.05) is 23.1 Å². The minimum atomic E-state index is -0.487. The molecule has 0 saturated carbocycles. The lowest BCUT2D eigenvalue weighted by Crippen LogP contribution is -2.24. The summed E-state index contributed by atoms with van der Waals surface area (Å²) in [4.78, 5) is 13.5. The van der Waals surface area contributed by atoms with Crippen LogP contribution in [-0.4, -0.2) is 34.4 Å². The van der Waals surface area contributed by atoms with E-state index in [-0.39, 0.29) is 11.4 Å². The van der Waals surface area contributed by atoms with E-state index in [1.165, 1.54) is 0 Å². The lowest BCUT2D eigenvalue weighted by Gasteiger charge is -2.22. The van der Waals surface area contributed by atoms with Crippen molar-refractivity contribution in [3.8, 4) is 5.75 Å². The third-order valence-corrected chi connectivity index (χ3v) is 3.74. The molecule has 0 aliphatic carbocycles. The summed E-state index contributed by atoms with van der Waals surface area (Å²) in [6.45, 7) is 5.18. The van der Waals surface area contributed by atoms with Gasteiger partial charge in [-0.05, 0) is 44.2 Å². The van der Waals surface area contributed by atoms with Crippen LogP contribution in [-0.2, 0) is 11.3 Å². The fraction of sp³-hybridized carbons (Fsp3) is 0.312. The van der Waals surface area contributed by atoms with Crippen molar-refractivity contribution in [3.05, 3.63) is 46.1 Å². The topological polar surface area (TPSA) is 75.5 Å². The zero-order chi connectivity index (χ0) is 16.8. The fourth-order valence-electron chi connectivity index (χ4n) is 2.05. The second-order valence-corrected chi connectivity index (χ2v) is 5.70. The fourth-order valence-corrected chi connectivity index (χ4v) is 2.46. The summed E-state index contributed by atoms with van der Waals surface area (Å²) in [5, 5.41) is 18.0.